The van der Waals surface area contributed by atoms with Crippen molar-refractivity contribution in [2.75, 3.05) is 16.4 Å². The van der Waals surface area contributed by atoms with E-state index in [4.69, 9.17) is 5.73 Å². The predicted octanol–water partition coefficient (Wildman–Crippen LogP) is 4.90. The molecule has 0 spiro atoms. The van der Waals surface area contributed by atoms with Crippen molar-refractivity contribution >= 4 is 55.5 Å². The Hall–Kier alpha value is -2.60. The Bertz CT molecular complexity index is 977. The normalized spacial score (nSPS) is 10.7. The number of hydrogen-bond acceptors (Lipinski definition) is 4. The zero-order chi connectivity index (χ0) is 18.1. The molecule has 0 fully saturated rings. The molecule has 2 aromatic carbocycles. The van der Waals surface area contributed by atoms with Crippen LogP contribution in [0.1, 0.15) is 18.1 Å². The highest BCUT2D eigenvalue weighted by Gasteiger charge is 2.13. The summed E-state index contributed by atoms with van der Waals surface area (Å²) in [6.45, 7) is 5.52. The maximum absolute atomic E-state index is 11.3. The quantitative estimate of drug-likeness (QED) is 0.548. The van der Waals surface area contributed by atoms with Gasteiger partial charge in [0, 0.05) is 45.4 Å². The highest BCUT2D eigenvalue weighted by atomic mass is 79.9. The zero-order valence-electron chi connectivity index (χ0n) is 14.3. The standard InChI is InChI=1S/C19H19BrN4O/c1-10-4-6-13(23-12(3)25)8-16(10)24-19-17-11(2)5-7-15(21)18(17)14(20)9-22-19/h4-9H,21H2,1-3H3,(H,22,24)(H,23,25). The Morgan fingerprint density at radius 3 is 2.56 bits per heavy atom. The molecule has 4 N–H and O–H groups in total. The smallest absolute Gasteiger partial charge is 0.221 e. The number of nitrogens with zero attached hydrogens (tertiary/aromatic N) is 1. The minimum absolute atomic E-state index is 0.106. The van der Waals surface area contributed by atoms with E-state index in [0.29, 0.717) is 5.69 Å². The van der Waals surface area contributed by atoms with Crippen molar-refractivity contribution in [1.29, 1.82) is 0 Å². The van der Waals surface area contributed by atoms with Crippen LogP contribution in [0.25, 0.3) is 10.8 Å². The van der Waals surface area contributed by atoms with Gasteiger partial charge in [0.2, 0.25) is 5.91 Å². The Balaban J connectivity index is 2.12. The van der Waals surface area contributed by atoms with E-state index in [-0.39, 0.29) is 5.91 Å². The van der Waals surface area contributed by atoms with E-state index in [1.54, 1.807) is 6.20 Å². The number of benzene rings is 2. The first-order valence-corrected chi connectivity index (χ1v) is 8.64. The van der Waals surface area contributed by atoms with Gasteiger partial charge in [0.1, 0.15) is 5.82 Å². The molecule has 0 atom stereocenters. The Morgan fingerprint density at radius 2 is 1.84 bits per heavy atom. The summed E-state index contributed by atoms with van der Waals surface area (Å²) < 4.78 is 0.859. The second kappa shape index (κ2) is 6.72. The molecule has 25 heavy (non-hydrogen) atoms. The summed E-state index contributed by atoms with van der Waals surface area (Å²) in [6, 6.07) is 9.61. The van der Waals surface area contributed by atoms with E-state index in [2.05, 4.69) is 31.5 Å². The number of nitrogen functional groups attached to an aromatic ring is 1. The predicted molar refractivity (Wildman–Crippen MR) is 107 cm³/mol. The third-order valence-corrected chi connectivity index (χ3v) is 4.64. The van der Waals surface area contributed by atoms with Gasteiger partial charge in [-0.1, -0.05) is 12.1 Å². The molecule has 3 aromatic rings. The average Bonchev–Trinajstić information content (AvgIpc) is 2.55. The number of aryl methyl sites for hydroxylation is 2. The Morgan fingerprint density at radius 1 is 1.12 bits per heavy atom. The number of carbonyl (C=O) groups is 1. The van der Waals surface area contributed by atoms with Gasteiger partial charge in [-0.3, -0.25) is 4.79 Å². The van der Waals surface area contributed by atoms with Crippen LogP contribution in [-0.4, -0.2) is 10.9 Å². The lowest BCUT2D eigenvalue weighted by Crippen LogP contribution is -2.06. The number of amides is 1. The molecular formula is C19H19BrN4O. The maximum atomic E-state index is 11.3. The van der Waals surface area contributed by atoms with Crippen LogP contribution in [-0.2, 0) is 4.79 Å². The highest BCUT2D eigenvalue weighted by molar-refractivity contribution is 9.10. The van der Waals surface area contributed by atoms with Gasteiger partial charge in [-0.05, 0) is 59.1 Å². The van der Waals surface area contributed by atoms with Gasteiger partial charge in [0.25, 0.3) is 0 Å². The summed E-state index contributed by atoms with van der Waals surface area (Å²) in [5.41, 5.74) is 10.6. The number of carbonyl (C=O) groups excluding carboxylic acids is 1. The van der Waals surface area contributed by atoms with E-state index in [1.807, 2.05) is 44.2 Å². The molecular weight excluding hydrogens is 380 g/mol. The summed E-state index contributed by atoms with van der Waals surface area (Å²) in [5, 5.41) is 8.09. The number of fused-ring (bicyclic) bond motifs is 1. The van der Waals surface area contributed by atoms with Crippen LogP contribution in [0.5, 0.6) is 0 Å². The second-order valence-corrected chi connectivity index (χ2v) is 6.87. The fourth-order valence-corrected chi connectivity index (χ4v) is 3.33. The van der Waals surface area contributed by atoms with Gasteiger partial charge in [-0.2, -0.15) is 0 Å². The molecule has 5 nitrogen and oxygen atoms in total. The molecule has 0 radical (unpaired) electrons. The van der Waals surface area contributed by atoms with Crippen molar-refractivity contribution in [3.8, 4) is 0 Å². The molecule has 128 valence electrons. The van der Waals surface area contributed by atoms with Gasteiger partial charge < -0.3 is 16.4 Å². The Labute approximate surface area is 154 Å². The number of pyridine rings is 1. The molecule has 0 bridgehead atoms. The number of nitrogens with one attached hydrogen (secondary N) is 2. The minimum Gasteiger partial charge on any atom is -0.398 e. The molecule has 0 saturated heterocycles. The average molecular weight is 399 g/mol. The van der Waals surface area contributed by atoms with E-state index >= 15 is 0 Å². The third-order valence-electron chi connectivity index (χ3n) is 4.04. The summed E-state index contributed by atoms with van der Waals surface area (Å²) in [4.78, 5) is 15.8. The largest absolute Gasteiger partial charge is 0.398 e. The second-order valence-electron chi connectivity index (χ2n) is 6.01. The molecule has 1 heterocycles. The summed E-state index contributed by atoms with van der Waals surface area (Å²) >= 11 is 3.54. The van der Waals surface area contributed by atoms with E-state index < -0.39 is 0 Å². The molecule has 0 aliphatic heterocycles. The maximum Gasteiger partial charge on any atom is 0.221 e. The molecule has 0 aliphatic rings. The van der Waals surface area contributed by atoms with Crippen molar-refractivity contribution < 1.29 is 4.79 Å². The number of nitrogens with two attached hydrogens (primary N) is 1. The van der Waals surface area contributed by atoms with Crippen LogP contribution in [0.3, 0.4) is 0 Å². The van der Waals surface area contributed by atoms with Crippen LogP contribution >= 0.6 is 15.9 Å². The fraction of sp³-hybridized carbons (Fsp3) is 0.158. The van der Waals surface area contributed by atoms with Gasteiger partial charge in [-0.25, -0.2) is 4.98 Å². The SMILES string of the molecule is CC(=O)Nc1ccc(C)c(Nc2ncc(Br)c3c(N)ccc(C)c23)c1. The van der Waals surface area contributed by atoms with Crippen LogP contribution in [0.2, 0.25) is 0 Å². The van der Waals surface area contributed by atoms with Gasteiger partial charge in [0.05, 0.1) is 0 Å². The lowest BCUT2D eigenvalue weighted by Gasteiger charge is -2.16. The number of aromatic nitrogens is 1. The summed E-state index contributed by atoms with van der Waals surface area (Å²) in [5.74, 6) is 0.622. The minimum atomic E-state index is -0.106. The van der Waals surface area contributed by atoms with Crippen molar-refractivity contribution in [1.82, 2.24) is 4.98 Å². The molecule has 0 saturated carbocycles. The first kappa shape index (κ1) is 17.2. The van der Waals surface area contributed by atoms with Crippen molar-refractivity contribution in [3.63, 3.8) is 0 Å². The first-order valence-electron chi connectivity index (χ1n) is 7.85. The van der Waals surface area contributed by atoms with Crippen LogP contribution in [0, 0.1) is 13.8 Å². The van der Waals surface area contributed by atoms with Gasteiger partial charge in [-0.15, -0.1) is 0 Å². The molecule has 6 heteroatoms. The van der Waals surface area contributed by atoms with Crippen LogP contribution in [0.4, 0.5) is 22.9 Å². The van der Waals surface area contributed by atoms with E-state index in [9.17, 15) is 4.79 Å². The van der Waals surface area contributed by atoms with E-state index in [0.717, 1.165) is 43.6 Å². The Kier molecular flexibility index (Phi) is 4.63. The number of hydrogen-bond donors (Lipinski definition) is 3. The summed E-state index contributed by atoms with van der Waals surface area (Å²) in [7, 11) is 0. The van der Waals surface area contributed by atoms with Gasteiger partial charge in [0.15, 0.2) is 0 Å². The number of anilines is 4. The zero-order valence-corrected chi connectivity index (χ0v) is 15.9. The van der Waals surface area contributed by atoms with Crippen LogP contribution < -0.4 is 16.4 Å². The van der Waals surface area contributed by atoms with Crippen LogP contribution in [0.15, 0.2) is 41.0 Å². The monoisotopic (exact) mass is 398 g/mol. The molecule has 1 aromatic heterocycles. The fourth-order valence-electron chi connectivity index (χ4n) is 2.80. The molecule has 1 amide bonds. The lowest BCUT2D eigenvalue weighted by atomic mass is 10.0. The number of rotatable bonds is 3. The third kappa shape index (κ3) is 3.44. The lowest BCUT2D eigenvalue weighted by molar-refractivity contribution is -0.114. The van der Waals surface area contributed by atoms with Crippen molar-refractivity contribution in [2.45, 2.75) is 20.8 Å². The molecule has 0 aliphatic carbocycles. The summed E-state index contributed by atoms with van der Waals surface area (Å²) in [6.07, 6.45) is 1.74. The van der Waals surface area contributed by atoms with Crippen molar-refractivity contribution in [2.24, 2.45) is 0 Å². The van der Waals surface area contributed by atoms with E-state index in [1.165, 1.54) is 6.92 Å². The topological polar surface area (TPSA) is 80.0 Å². The van der Waals surface area contributed by atoms with Crippen molar-refractivity contribution in [3.05, 3.63) is 52.1 Å². The number of halogens is 1. The first-order chi connectivity index (χ1) is 11.9. The highest BCUT2D eigenvalue weighted by Crippen LogP contribution is 2.36. The van der Waals surface area contributed by atoms with Gasteiger partial charge >= 0.3 is 0 Å². The molecule has 0 unspecified atom stereocenters. The molecule has 3 rings (SSSR count).